The molecule has 1 aliphatic carbocycles. The molecular formula is C26H29ClFN3O4. The van der Waals surface area contributed by atoms with Gasteiger partial charge in [0.05, 0.1) is 17.8 Å². The molecule has 2 fully saturated rings. The topological polar surface area (TPSA) is 75.0 Å². The summed E-state index contributed by atoms with van der Waals surface area (Å²) < 4.78 is 22.2. The van der Waals surface area contributed by atoms with Crippen molar-refractivity contribution in [1.29, 1.82) is 0 Å². The average molecular weight is 502 g/mol. The van der Waals surface area contributed by atoms with Crippen LogP contribution in [0.15, 0.2) is 47.4 Å². The zero-order chi connectivity index (χ0) is 23.8. The molecule has 35 heavy (non-hydrogen) atoms. The Morgan fingerprint density at radius 3 is 2.49 bits per heavy atom. The van der Waals surface area contributed by atoms with Gasteiger partial charge in [0.15, 0.2) is 0 Å². The fourth-order valence-electron chi connectivity index (χ4n) is 4.80. The Morgan fingerprint density at radius 2 is 1.83 bits per heavy atom. The van der Waals surface area contributed by atoms with Crippen LogP contribution in [0.4, 0.5) is 10.1 Å². The molecule has 1 aliphatic heterocycles. The van der Waals surface area contributed by atoms with Crippen molar-refractivity contribution < 1.29 is 19.0 Å². The number of carboxylic acids is 1. The highest BCUT2D eigenvalue weighted by Crippen LogP contribution is 2.38. The first kappa shape index (κ1) is 25.2. The summed E-state index contributed by atoms with van der Waals surface area (Å²) in [4.78, 5) is 28.6. The number of anilines is 1. The molecule has 0 bridgehead atoms. The summed E-state index contributed by atoms with van der Waals surface area (Å²) >= 11 is 0. The summed E-state index contributed by atoms with van der Waals surface area (Å²) in [5, 5.41) is 9.55. The van der Waals surface area contributed by atoms with E-state index in [1.807, 2.05) is 21.6 Å². The Labute approximate surface area is 209 Å². The van der Waals surface area contributed by atoms with E-state index in [0.29, 0.717) is 30.9 Å². The van der Waals surface area contributed by atoms with Crippen molar-refractivity contribution in [3.05, 3.63) is 75.3 Å². The van der Waals surface area contributed by atoms with Crippen molar-refractivity contribution in [3.8, 4) is 0 Å². The maximum Gasteiger partial charge on any atom is 0.341 e. The number of benzene rings is 2. The van der Waals surface area contributed by atoms with Gasteiger partial charge in [0.25, 0.3) is 0 Å². The fourth-order valence-corrected chi connectivity index (χ4v) is 4.80. The molecule has 1 saturated heterocycles. The van der Waals surface area contributed by atoms with Gasteiger partial charge in [-0.3, -0.25) is 9.69 Å². The lowest BCUT2D eigenvalue weighted by molar-refractivity contribution is 0.0695. The number of hydrogen-bond acceptors (Lipinski definition) is 5. The Balaban J connectivity index is 0.00000289. The smallest absolute Gasteiger partial charge is 0.341 e. The standard InChI is InChI=1S/C26H28FN3O4.ClH/c1-34-16-18-4-2-3-17(11-18)14-28-7-9-29(10-8-28)24-13-23-20(12-22(24)27)25(31)21(26(32)33)15-30(23)19-5-6-19;/h2-4,11-13,15,19H,5-10,14,16H2,1H3,(H,32,33);1H. The van der Waals surface area contributed by atoms with Gasteiger partial charge in [-0.15, -0.1) is 12.4 Å². The first-order valence-electron chi connectivity index (χ1n) is 11.6. The van der Waals surface area contributed by atoms with Crippen molar-refractivity contribution in [3.63, 3.8) is 0 Å². The predicted octanol–water partition coefficient (Wildman–Crippen LogP) is 4.06. The second-order valence-electron chi connectivity index (χ2n) is 9.15. The Bertz CT molecular complexity index is 1300. The van der Waals surface area contributed by atoms with Crippen LogP contribution in [0.1, 0.15) is 40.4 Å². The van der Waals surface area contributed by atoms with Gasteiger partial charge in [-0.25, -0.2) is 9.18 Å². The molecule has 1 N–H and O–H groups in total. The van der Waals surface area contributed by atoms with Crippen molar-refractivity contribution in [2.45, 2.75) is 32.0 Å². The lowest BCUT2D eigenvalue weighted by Crippen LogP contribution is -2.46. The zero-order valence-electron chi connectivity index (χ0n) is 19.6. The fraction of sp³-hybridized carbons (Fsp3) is 0.385. The molecule has 1 saturated carbocycles. The van der Waals surface area contributed by atoms with Gasteiger partial charge in [0.1, 0.15) is 11.4 Å². The number of aromatic nitrogens is 1. The van der Waals surface area contributed by atoms with Gasteiger partial charge >= 0.3 is 5.97 Å². The first-order chi connectivity index (χ1) is 16.4. The lowest BCUT2D eigenvalue weighted by Gasteiger charge is -2.36. The highest BCUT2D eigenvalue weighted by atomic mass is 35.5. The van der Waals surface area contributed by atoms with Gasteiger partial charge in [-0.1, -0.05) is 24.3 Å². The molecular weight excluding hydrogens is 473 g/mol. The summed E-state index contributed by atoms with van der Waals surface area (Å²) in [5.74, 6) is -1.77. The summed E-state index contributed by atoms with van der Waals surface area (Å²) in [6.45, 7) is 4.33. The third-order valence-electron chi connectivity index (χ3n) is 6.69. The number of methoxy groups -OCH3 is 1. The van der Waals surface area contributed by atoms with Crippen molar-refractivity contribution in [1.82, 2.24) is 9.47 Å². The van der Waals surface area contributed by atoms with Crippen LogP contribution in [0.5, 0.6) is 0 Å². The van der Waals surface area contributed by atoms with E-state index in [1.165, 1.54) is 17.8 Å². The number of pyridine rings is 1. The average Bonchev–Trinajstić information content (AvgIpc) is 3.66. The maximum atomic E-state index is 15.2. The Kier molecular flexibility index (Phi) is 7.44. The van der Waals surface area contributed by atoms with E-state index in [4.69, 9.17) is 4.74 Å². The number of halogens is 2. The summed E-state index contributed by atoms with van der Waals surface area (Å²) in [6, 6.07) is 11.4. The monoisotopic (exact) mass is 501 g/mol. The van der Waals surface area contributed by atoms with Crippen LogP contribution < -0.4 is 10.3 Å². The number of carbonyl (C=O) groups is 1. The quantitative estimate of drug-likeness (QED) is 0.526. The van der Waals surface area contributed by atoms with Crippen molar-refractivity contribution in [2.75, 3.05) is 38.2 Å². The maximum absolute atomic E-state index is 15.2. The minimum Gasteiger partial charge on any atom is -0.477 e. The molecule has 2 aromatic carbocycles. The Hall–Kier alpha value is -2.94. The van der Waals surface area contributed by atoms with Gasteiger partial charge in [0, 0.05) is 57.5 Å². The van der Waals surface area contributed by atoms with Gasteiger partial charge in [-0.05, 0) is 36.1 Å². The molecule has 9 heteroatoms. The first-order valence-corrected chi connectivity index (χ1v) is 11.6. The number of carboxylic acid groups (broad SMARTS) is 1. The molecule has 0 spiro atoms. The number of nitrogens with zero attached hydrogens (tertiary/aromatic N) is 3. The van der Waals surface area contributed by atoms with Crippen molar-refractivity contribution in [2.24, 2.45) is 0 Å². The number of ether oxygens (including phenoxy) is 1. The van der Waals surface area contributed by atoms with Crippen molar-refractivity contribution >= 4 is 35.0 Å². The summed E-state index contributed by atoms with van der Waals surface area (Å²) in [6.07, 6.45) is 3.27. The van der Waals surface area contributed by atoms with Crippen LogP contribution >= 0.6 is 12.4 Å². The summed E-state index contributed by atoms with van der Waals surface area (Å²) in [7, 11) is 1.69. The van der Waals surface area contributed by atoms with E-state index >= 15 is 4.39 Å². The molecule has 0 radical (unpaired) electrons. The predicted molar refractivity (Wildman–Crippen MR) is 135 cm³/mol. The molecule has 2 aliphatic rings. The largest absolute Gasteiger partial charge is 0.477 e. The molecule has 5 rings (SSSR count). The van der Waals surface area contributed by atoms with Crippen LogP contribution in [-0.4, -0.2) is 53.8 Å². The van der Waals surface area contributed by atoms with Crippen LogP contribution in [0, 0.1) is 5.82 Å². The number of piperazine rings is 1. The van der Waals surface area contributed by atoms with E-state index in [9.17, 15) is 14.7 Å². The number of hydrogen-bond donors (Lipinski definition) is 1. The number of fused-ring (bicyclic) bond motifs is 1. The van der Waals surface area contributed by atoms with Crippen LogP contribution in [0.2, 0.25) is 0 Å². The molecule has 1 aromatic heterocycles. The minimum atomic E-state index is -1.28. The second-order valence-corrected chi connectivity index (χ2v) is 9.15. The third kappa shape index (κ3) is 5.19. The second kappa shape index (κ2) is 10.4. The van der Waals surface area contributed by atoms with Crippen LogP contribution in [-0.2, 0) is 17.9 Å². The SMILES string of the molecule is COCc1cccc(CN2CCN(c3cc4c(cc3F)c(=O)c(C(=O)O)cn4C3CC3)CC2)c1.Cl. The highest BCUT2D eigenvalue weighted by Gasteiger charge is 2.28. The highest BCUT2D eigenvalue weighted by molar-refractivity contribution is 5.93. The van der Waals surface area contributed by atoms with E-state index in [-0.39, 0.29) is 29.4 Å². The molecule has 7 nitrogen and oxygen atoms in total. The minimum absolute atomic E-state index is 0. The number of aromatic carboxylic acids is 1. The zero-order valence-corrected chi connectivity index (χ0v) is 20.4. The molecule has 186 valence electrons. The summed E-state index contributed by atoms with van der Waals surface area (Å²) in [5.41, 5.74) is 2.49. The van der Waals surface area contributed by atoms with E-state index in [0.717, 1.165) is 38.0 Å². The lowest BCUT2D eigenvalue weighted by atomic mass is 10.1. The van der Waals surface area contributed by atoms with Gasteiger partial charge < -0.3 is 19.3 Å². The molecule has 3 aromatic rings. The van der Waals surface area contributed by atoms with E-state index < -0.39 is 17.2 Å². The third-order valence-corrected chi connectivity index (χ3v) is 6.69. The number of rotatable bonds is 7. The van der Waals surface area contributed by atoms with Gasteiger partial charge in [0.2, 0.25) is 5.43 Å². The molecule has 0 atom stereocenters. The van der Waals surface area contributed by atoms with E-state index in [1.54, 1.807) is 13.2 Å². The van der Waals surface area contributed by atoms with Crippen LogP contribution in [0.3, 0.4) is 0 Å². The molecule has 2 heterocycles. The molecule has 0 unspecified atom stereocenters. The normalized spacial score (nSPS) is 16.3. The van der Waals surface area contributed by atoms with Crippen LogP contribution in [0.25, 0.3) is 10.9 Å². The van der Waals surface area contributed by atoms with Gasteiger partial charge in [-0.2, -0.15) is 0 Å². The van der Waals surface area contributed by atoms with E-state index in [2.05, 4.69) is 17.0 Å². The Morgan fingerprint density at radius 1 is 1.11 bits per heavy atom. The molecule has 0 amide bonds.